The van der Waals surface area contributed by atoms with Crippen molar-refractivity contribution in [3.8, 4) is 17.5 Å². The first-order chi connectivity index (χ1) is 15.2. The highest BCUT2D eigenvalue weighted by atomic mass is 16.5. The molecule has 0 aliphatic carbocycles. The molecule has 7 heteroatoms. The number of benzene rings is 2. The van der Waals surface area contributed by atoms with Gasteiger partial charge in [-0.05, 0) is 36.4 Å². The van der Waals surface area contributed by atoms with Gasteiger partial charge in [0.2, 0.25) is 0 Å². The minimum atomic E-state index is -0.653. The number of nitrogens with one attached hydrogen (secondary N) is 1. The van der Waals surface area contributed by atoms with Crippen molar-refractivity contribution >= 4 is 28.5 Å². The molecule has 0 fully saturated rings. The first kappa shape index (κ1) is 19.7. The van der Waals surface area contributed by atoms with Crippen LogP contribution in [0.4, 0.5) is 5.69 Å². The maximum absolute atomic E-state index is 12.8. The van der Waals surface area contributed by atoms with Gasteiger partial charge in [-0.3, -0.25) is 9.78 Å². The summed E-state index contributed by atoms with van der Waals surface area (Å²) >= 11 is 0. The highest BCUT2D eigenvalue weighted by molar-refractivity contribution is 6.05. The van der Waals surface area contributed by atoms with Gasteiger partial charge in [-0.2, -0.15) is 5.26 Å². The van der Waals surface area contributed by atoms with Gasteiger partial charge in [0.05, 0.1) is 33.7 Å². The predicted octanol–water partition coefficient (Wildman–Crippen LogP) is 3.96. The fourth-order valence-electron chi connectivity index (χ4n) is 3.07. The molecule has 0 spiro atoms. The number of hydrogen-bond acceptors (Lipinski definition) is 6. The number of para-hydroxylation sites is 2. The van der Waals surface area contributed by atoms with Gasteiger partial charge in [0, 0.05) is 11.6 Å². The lowest BCUT2D eigenvalue weighted by molar-refractivity contribution is -0.119. The molecule has 1 N–H and O–H groups in total. The Hall–Kier alpha value is -4.57. The second kappa shape index (κ2) is 8.84. The van der Waals surface area contributed by atoms with E-state index in [1.165, 1.54) is 0 Å². The van der Waals surface area contributed by atoms with Crippen LogP contribution in [0.5, 0.6) is 0 Å². The van der Waals surface area contributed by atoms with Crippen LogP contribution in [0.2, 0.25) is 0 Å². The monoisotopic (exact) mass is 408 g/mol. The van der Waals surface area contributed by atoms with Crippen molar-refractivity contribution < 1.29 is 14.3 Å². The lowest BCUT2D eigenvalue weighted by Crippen LogP contribution is -2.21. The van der Waals surface area contributed by atoms with E-state index in [2.05, 4.69) is 15.3 Å². The van der Waals surface area contributed by atoms with Gasteiger partial charge >= 0.3 is 5.97 Å². The van der Waals surface area contributed by atoms with Crippen LogP contribution in [-0.2, 0) is 9.53 Å². The van der Waals surface area contributed by atoms with Gasteiger partial charge < -0.3 is 10.1 Å². The van der Waals surface area contributed by atoms with Crippen LogP contribution in [0.1, 0.15) is 15.9 Å². The zero-order valence-electron chi connectivity index (χ0n) is 16.3. The van der Waals surface area contributed by atoms with E-state index >= 15 is 0 Å². The number of rotatable bonds is 5. The topological polar surface area (TPSA) is 105 Å². The lowest BCUT2D eigenvalue weighted by atomic mass is 10.1. The Morgan fingerprint density at radius 1 is 0.968 bits per heavy atom. The van der Waals surface area contributed by atoms with Crippen LogP contribution >= 0.6 is 0 Å². The van der Waals surface area contributed by atoms with E-state index in [0.29, 0.717) is 33.5 Å². The number of fused-ring (bicyclic) bond motifs is 1. The van der Waals surface area contributed by atoms with Crippen LogP contribution in [0.3, 0.4) is 0 Å². The van der Waals surface area contributed by atoms with E-state index < -0.39 is 18.5 Å². The number of carbonyl (C=O) groups excluding carboxylic acids is 2. The van der Waals surface area contributed by atoms with E-state index in [-0.39, 0.29) is 5.56 Å². The van der Waals surface area contributed by atoms with Crippen molar-refractivity contribution in [2.24, 2.45) is 0 Å². The molecule has 0 saturated heterocycles. The van der Waals surface area contributed by atoms with E-state index in [4.69, 9.17) is 10.00 Å². The minimum Gasteiger partial charge on any atom is -0.452 e. The summed E-state index contributed by atoms with van der Waals surface area (Å²) in [5, 5.41) is 12.3. The number of esters is 1. The zero-order valence-corrected chi connectivity index (χ0v) is 16.3. The summed E-state index contributed by atoms with van der Waals surface area (Å²) < 4.78 is 5.25. The summed E-state index contributed by atoms with van der Waals surface area (Å²) in [6, 6.07) is 22.8. The maximum atomic E-state index is 12.8. The van der Waals surface area contributed by atoms with E-state index in [0.717, 1.165) is 0 Å². The number of anilines is 1. The minimum absolute atomic E-state index is 0.288. The fourth-order valence-corrected chi connectivity index (χ4v) is 3.07. The normalized spacial score (nSPS) is 10.3. The lowest BCUT2D eigenvalue weighted by Gasteiger charge is -2.10. The molecule has 150 valence electrons. The molecule has 2 aromatic heterocycles. The third-order valence-electron chi connectivity index (χ3n) is 4.52. The Kier molecular flexibility index (Phi) is 5.63. The van der Waals surface area contributed by atoms with Crippen LogP contribution < -0.4 is 5.32 Å². The van der Waals surface area contributed by atoms with Crippen LogP contribution in [0, 0.1) is 11.3 Å². The second-order valence-electron chi connectivity index (χ2n) is 6.57. The molecule has 7 nitrogen and oxygen atoms in total. The van der Waals surface area contributed by atoms with Crippen LogP contribution in [-0.4, -0.2) is 28.5 Å². The molecule has 0 aliphatic heterocycles. The first-order valence-electron chi connectivity index (χ1n) is 9.43. The Bertz CT molecular complexity index is 1310. The van der Waals surface area contributed by atoms with E-state index in [9.17, 15) is 9.59 Å². The number of amides is 1. The number of ether oxygens (including phenoxy) is 1. The standard InChI is InChI=1S/C24H16N4O3/c25-14-16-7-1-3-9-19(16)28-23(29)15-31-24(30)18-13-22(21-11-5-6-12-26-21)27-20-10-4-2-8-17(18)20/h1-13H,15H2,(H,28,29). The number of aromatic nitrogens is 2. The molecule has 4 aromatic rings. The summed E-state index contributed by atoms with van der Waals surface area (Å²) in [4.78, 5) is 33.9. The summed E-state index contributed by atoms with van der Waals surface area (Å²) in [6.45, 7) is -0.492. The SMILES string of the molecule is N#Cc1ccccc1NC(=O)COC(=O)c1cc(-c2ccccn2)nc2ccccc12. The zero-order chi connectivity index (χ0) is 21.6. The highest BCUT2D eigenvalue weighted by Gasteiger charge is 2.17. The average Bonchev–Trinajstić information content (AvgIpc) is 2.82. The molecule has 31 heavy (non-hydrogen) atoms. The molecule has 0 unspecified atom stereocenters. The van der Waals surface area contributed by atoms with Gasteiger partial charge in [0.1, 0.15) is 6.07 Å². The summed E-state index contributed by atoms with van der Waals surface area (Å²) in [7, 11) is 0. The van der Waals surface area contributed by atoms with Gasteiger partial charge in [0.15, 0.2) is 6.61 Å². The summed E-state index contributed by atoms with van der Waals surface area (Å²) in [6.07, 6.45) is 1.65. The largest absolute Gasteiger partial charge is 0.452 e. The third-order valence-corrected chi connectivity index (χ3v) is 4.52. The van der Waals surface area contributed by atoms with Crippen molar-refractivity contribution in [2.45, 2.75) is 0 Å². The molecule has 4 rings (SSSR count). The first-order valence-corrected chi connectivity index (χ1v) is 9.43. The van der Waals surface area contributed by atoms with Crippen molar-refractivity contribution in [1.29, 1.82) is 5.26 Å². The maximum Gasteiger partial charge on any atom is 0.339 e. The molecule has 0 saturated carbocycles. The van der Waals surface area contributed by atoms with Gasteiger partial charge in [0.25, 0.3) is 5.91 Å². The van der Waals surface area contributed by atoms with Crippen molar-refractivity contribution in [2.75, 3.05) is 11.9 Å². The third kappa shape index (κ3) is 4.38. The summed E-state index contributed by atoms with van der Waals surface area (Å²) in [5.74, 6) is -1.20. The average molecular weight is 408 g/mol. The van der Waals surface area contributed by atoms with Crippen LogP contribution in [0.25, 0.3) is 22.3 Å². The van der Waals surface area contributed by atoms with Crippen molar-refractivity contribution in [3.05, 3.63) is 90.1 Å². The van der Waals surface area contributed by atoms with Gasteiger partial charge in [-0.15, -0.1) is 0 Å². The number of nitriles is 1. The molecular weight excluding hydrogens is 392 g/mol. The molecular formula is C24H16N4O3. The molecule has 2 heterocycles. The smallest absolute Gasteiger partial charge is 0.339 e. The number of pyridine rings is 2. The second-order valence-corrected chi connectivity index (χ2v) is 6.57. The van der Waals surface area contributed by atoms with Crippen LogP contribution in [0.15, 0.2) is 79.0 Å². The Labute approximate surface area is 178 Å². The van der Waals surface area contributed by atoms with E-state index in [1.54, 1.807) is 66.9 Å². The van der Waals surface area contributed by atoms with E-state index in [1.807, 2.05) is 18.2 Å². The number of carbonyl (C=O) groups is 2. The molecule has 0 aliphatic rings. The highest BCUT2D eigenvalue weighted by Crippen LogP contribution is 2.24. The molecule has 2 aromatic carbocycles. The Balaban J connectivity index is 1.56. The molecule has 1 amide bonds. The number of nitrogens with zero attached hydrogens (tertiary/aromatic N) is 3. The molecule has 0 radical (unpaired) electrons. The Morgan fingerprint density at radius 3 is 2.55 bits per heavy atom. The van der Waals surface area contributed by atoms with Gasteiger partial charge in [-0.25, -0.2) is 9.78 Å². The van der Waals surface area contributed by atoms with Crippen molar-refractivity contribution in [3.63, 3.8) is 0 Å². The predicted molar refractivity (Wildman–Crippen MR) is 115 cm³/mol. The fraction of sp³-hybridized carbons (Fsp3) is 0.0417. The molecule has 0 bridgehead atoms. The number of hydrogen-bond donors (Lipinski definition) is 1. The van der Waals surface area contributed by atoms with Gasteiger partial charge in [-0.1, -0.05) is 36.4 Å². The quantitative estimate of drug-likeness (QED) is 0.501. The summed E-state index contributed by atoms with van der Waals surface area (Å²) in [5.41, 5.74) is 2.73. The van der Waals surface area contributed by atoms with Crippen molar-refractivity contribution in [1.82, 2.24) is 9.97 Å². The Morgan fingerprint density at radius 2 is 1.74 bits per heavy atom. The molecule has 0 atom stereocenters.